The van der Waals surface area contributed by atoms with E-state index in [0.717, 1.165) is 17.8 Å². The number of amides is 3. The number of para-hydroxylation sites is 2. The van der Waals surface area contributed by atoms with E-state index in [1.54, 1.807) is 23.0 Å². The second kappa shape index (κ2) is 7.12. The summed E-state index contributed by atoms with van der Waals surface area (Å²) in [5, 5.41) is 2.89. The number of anilines is 2. The van der Waals surface area contributed by atoms with Gasteiger partial charge < -0.3 is 15.1 Å². The monoisotopic (exact) mass is 324 g/mol. The van der Waals surface area contributed by atoms with E-state index in [1.165, 1.54) is 0 Å². The van der Waals surface area contributed by atoms with Crippen LogP contribution in [0.4, 0.5) is 16.2 Å². The molecule has 2 heterocycles. The standard InChI is InChI=1S/C18H20N4O2/c1-21(13-14-7-4-5-11-19-14)18(24)20-15-8-2-3-9-16(15)22-12-6-10-17(22)23/h2-5,7-9,11H,6,10,12-13H2,1H3,(H,20,24). The van der Waals surface area contributed by atoms with Crippen molar-refractivity contribution in [2.24, 2.45) is 0 Å². The fourth-order valence-corrected chi connectivity index (χ4v) is 2.73. The van der Waals surface area contributed by atoms with Crippen molar-refractivity contribution in [3.8, 4) is 0 Å². The molecule has 0 spiro atoms. The molecule has 0 bridgehead atoms. The molecular formula is C18H20N4O2. The average molecular weight is 324 g/mol. The second-order valence-electron chi connectivity index (χ2n) is 5.77. The normalized spacial score (nSPS) is 13.9. The summed E-state index contributed by atoms with van der Waals surface area (Å²) < 4.78 is 0. The first-order valence-corrected chi connectivity index (χ1v) is 7.96. The van der Waals surface area contributed by atoms with Crippen molar-refractivity contribution in [2.75, 3.05) is 23.8 Å². The molecule has 2 aromatic rings. The lowest BCUT2D eigenvalue weighted by atomic mass is 10.2. The average Bonchev–Trinajstić information content (AvgIpc) is 3.02. The Morgan fingerprint density at radius 3 is 2.75 bits per heavy atom. The molecule has 1 aromatic carbocycles. The lowest BCUT2D eigenvalue weighted by Gasteiger charge is -2.22. The molecule has 1 N–H and O–H groups in total. The summed E-state index contributed by atoms with van der Waals surface area (Å²) in [6.45, 7) is 1.10. The molecule has 0 unspecified atom stereocenters. The smallest absolute Gasteiger partial charge is 0.321 e. The van der Waals surface area contributed by atoms with Crippen LogP contribution in [0.5, 0.6) is 0 Å². The lowest BCUT2D eigenvalue weighted by molar-refractivity contribution is -0.117. The van der Waals surface area contributed by atoms with Gasteiger partial charge in [0.05, 0.1) is 23.6 Å². The summed E-state index contributed by atoms with van der Waals surface area (Å²) in [6.07, 6.45) is 3.11. The van der Waals surface area contributed by atoms with Crippen LogP contribution in [-0.2, 0) is 11.3 Å². The molecule has 3 amide bonds. The molecule has 1 saturated heterocycles. The molecule has 24 heavy (non-hydrogen) atoms. The highest BCUT2D eigenvalue weighted by Crippen LogP contribution is 2.29. The first-order chi connectivity index (χ1) is 11.6. The number of pyridine rings is 1. The highest BCUT2D eigenvalue weighted by Gasteiger charge is 2.24. The van der Waals surface area contributed by atoms with Crippen LogP contribution < -0.4 is 10.2 Å². The number of carbonyl (C=O) groups excluding carboxylic acids is 2. The first-order valence-electron chi connectivity index (χ1n) is 7.96. The maximum absolute atomic E-state index is 12.4. The molecule has 3 rings (SSSR count). The van der Waals surface area contributed by atoms with E-state index < -0.39 is 0 Å². The van der Waals surface area contributed by atoms with Crippen LogP contribution in [0.25, 0.3) is 0 Å². The van der Waals surface area contributed by atoms with Crippen molar-refractivity contribution in [3.05, 3.63) is 54.4 Å². The van der Waals surface area contributed by atoms with E-state index >= 15 is 0 Å². The molecule has 124 valence electrons. The summed E-state index contributed by atoms with van der Waals surface area (Å²) in [5.41, 5.74) is 2.21. The molecule has 6 nitrogen and oxygen atoms in total. The summed E-state index contributed by atoms with van der Waals surface area (Å²) in [7, 11) is 1.72. The SMILES string of the molecule is CN(Cc1ccccn1)C(=O)Nc1ccccc1N1CCCC1=O. The molecule has 1 aliphatic rings. The summed E-state index contributed by atoms with van der Waals surface area (Å²) in [4.78, 5) is 31.9. The fourth-order valence-electron chi connectivity index (χ4n) is 2.73. The Kier molecular flexibility index (Phi) is 4.74. The predicted octanol–water partition coefficient (Wildman–Crippen LogP) is 2.87. The van der Waals surface area contributed by atoms with Crippen molar-refractivity contribution in [2.45, 2.75) is 19.4 Å². The third-order valence-electron chi connectivity index (χ3n) is 3.98. The van der Waals surface area contributed by atoms with Gasteiger partial charge in [-0.25, -0.2) is 4.79 Å². The maximum atomic E-state index is 12.4. The maximum Gasteiger partial charge on any atom is 0.321 e. The number of urea groups is 1. The van der Waals surface area contributed by atoms with E-state index in [-0.39, 0.29) is 11.9 Å². The van der Waals surface area contributed by atoms with Gasteiger partial charge in [0.1, 0.15) is 0 Å². The van der Waals surface area contributed by atoms with Gasteiger partial charge in [-0.3, -0.25) is 9.78 Å². The second-order valence-corrected chi connectivity index (χ2v) is 5.77. The van der Waals surface area contributed by atoms with Crippen LogP contribution in [0, 0.1) is 0 Å². The molecule has 6 heteroatoms. The van der Waals surface area contributed by atoms with Gasteiger partial charge in [-0.15, -0.1) is 0 Å². The number of carbonyl (C=O) groups is 2. The summed E-state index contributed by atoms with van der Waals surface area (Å²) in [5.74, 6) is 0.0959. The Morgan fingerprint density at radius 1 is 1.25 bits per heavy atom. The van der Waals surface area contributed by atoms with Crippen molar-refractivity contribution in [1.82, 2.24) is 9.88 Å². The van der Waals surface area contributed by atoms with Gasteiger partial charge in [0.2, 0.25) is 5.91 Å². The highest BCUT2D eigenvalue weighted by molar-refractivity contribution is 6.01. The molecule has 0 aliphatic carbocycles. The lowest BCUT2D eigenvalue weighted by Crippen LogP contribution is -2.32. The minimum atomic E-state index is -0.236. The van der Waals surface area contributed by atoms with Crippen LogP contribution in [0.2, 0.25) is 0 Å². The van der Waals surface area contributed by atoms with E-state index in [9.17, 15) is 9.59 Å². The zero-order chi connectivity index (χ0) is 16.9. The van der Waals surface area contributed by atoms with Crippen LogP contribution in [0.15, 0.2) is 48.7 Å². The summed E-state index contributed by atoms with van der Waals surface area (Å²) >= 11 is 0. The van der Waals surface area contributed by atoms with Crippen molar-refractivity contribution in [3.63, 3.8) is 0 Å². The van der Waals surface area contributed by atoms with E-state index in [0.29, 0.717) is 25.2 Å². The number of hydrogen-bond acceptors (Lipinski definition) is 3. The van der Waals surface area contributed by atoms with Crippen molar-refractivity contribution >= 4 is 23.3 Å². The molecule has 0 radical (unpaired) electrons. The topological polar surface area (TPSA) is 65.5 Å². The Labute approximate surface area is 141 Å². The highest BCUT2D eigenvalue weighted by atomic mass is 16.2. The number of benzene rings is 1. The van der Waals surface area contributed by atoms with Crippen LogP contribution >= 0.6 is 0 Å². The zero-order valence-corrected chi connectivity index (χ0v) is 13.6. The predicted molar refractivity (Wildman–Crippen MR) is 92.8 cm³/mol. The minimum absolute atomic E-state index is 0.0959. The van der Waals surface area contributed by atoms with E-state index in [2.05, 4.69) is 10.3 Å². The van der Waals surface area contributed by atoms with Gasteiger partial charge in [-0.2, -0.15) is 0 Å². The molecule has 1 aromatic heterocycles. The third-order valence-corrected chi connectivity index (χ3v) is 3.98. The van der Waals surface area contributed by atoms with Crippen molar-refractivity contribution in [1.29, 1.82) is 0 Å². The number of rotatable bonds is 4. The third kappa shape index (κ3) is 3.53. The largest absolute Gasteiger partial charge is 0.322 e. The quantitative estimate of drug-likeness (QED) is 0.940. The number of aromatic nitrogens is 1. The van der Waals surface area contributed by atoms with Crippen LogP contribution in [0.3, 0.4) is 0 Å². The van der Waals surface area contributed by atoms with Gasteiger partial charge in [-0.05, 0) is 30.7 Å². The number of nitrogens with one attached hydrogen (secondary N) is 1. The minimum Gasteiger partial charge on any atom is -0.322 e. The number of nitrogens with zero attached hydrogens (tertiary/aromatic N) is 3. The van der Waals surface area contributed by atoms with Crippen LogP contribution in [-0.4, -0.2) is 35.4 Å². The molecule has 0 atom stereocenters. The fraction of sp³-hybridized carbons (Fsp3) is 0.278. The van der Waals surface area contributed by atoms with Crippen molar-refractivity contribution < 1.29 is 9.59 Å². The Morgan fingerprint density at radius 2 is 2.04 bits per heavy atom. The van der Waals surface area contributed by atoms with Gasteiger partial charge in [0, 0.05) is 26.2 Å². The van der Waals surface area contributed by atoms with Gasteiger partial charge in [0.15, 0.2) is 0 Å². The first kappa shape index (κ1) is 16.0. The van der Waals surface area contributed by atoms with Gasteiger partial charge >= 0.3 is 6.03 Å². The Hall–Kier alpha value is -2.89. The Balaban J connectivity index is 1.71. The zero-order valence-electron chi connectivity index (χ0n) is 13.6. The van der Waals surface area contributed by atoms with Crippen LogP contribution in [0.1, 0.15) is 18.5 Å². The van der Waals surface area contributed by atoms with Gasteiger partial charge in [-0.1, -0.05) is 18.2 Å². The summed E-state index contributed by atoms with van der Waals surface area (Å²) in [6, 6.07) is 12.8. The molecule has 0 saturated carbocycles. The molecular weight excluding hydrogens is 304 g/mol. The number of hydrogen-bond donors (Lipinski definition) is 1. The van der Waals surface area contributed by atoms with E-state index in [4.69, 9.17) is 0 Å². The molecule has 1 aliphatic heterocycles. The Bertz CT molecular complexity index is 733. The molecule has 1 fully saturated rings. The van der Waals surface area contributed by atoms with E-state index in [1.807, 2.05) is 42.5 Å². The van der Waals surface area contributed by atoms with Gasteiger partial charge in [0.25, 0.3) is 0 Å².